The van der Waals surface area contributed by atoms with E-state index in [1.54, 1.807) is 0 Å². The molecule has 5 heteroatoms. The maximum Gasteiger partial charge on any atom is 0.164 e. The number of fused-ring (bicyclic) bond motifs is 4. The summed E-state index contributed by atoms with van der Waals surface area (Å²) in [7, 11) is 0. The van der Waals surface area contributed by atoms with Gasteiger partial charge in [0.25, 0.3) is 0 Å². The number of benzene rings is 6. The molecular weight excluding hydrogens is 647 g/mol. The first-order valence-corrected chi connectivity index (χ1v) is 18.6. The first-order valence-electron chi connectivity index (χ1n) is 18.6. The van der Waals surface area contributed by atoms with Gasteiger partial charge in [0, 0.05) is 55.5 Å². The lowest BCUT2D eigenvalue weighted by atomic mass is 9.89. The molecule has 2 aliphatic rings. The van der Waals surface area contributed by atoms with E-state index in [0.717, 1.165) is 48.1 Å². The van der Waals surface area contributed by atoms with Crippen LogP contribution in [-0.4, -0.2) is 24.1 Å². The zero-order valence-corrected chi connectivity index (χ0v) is 29.4. The number of para-hydroxylation sites is 1. The minimum Gasteiger partial charge on any atom is -0.313 e. The first kappa shape index (κ1) is 30.1. The van der Waals surface area contributed by atoms with Crippen molar-refractivity contribution in [3.63, 3.8) is 0 Å². The van der Waals surface area contributed by atoms with E-state index in [9.17, 15) is 0 Å². The third kappa shape index (κ3) is 4.67. The van der Waals surface area contributed by atoms with Crippen molar-refractivity contribution in [2.24, 2.45) is 0 Å². The highest BCUT2D eigenvalue weighted by atomic mass is 15.0. The van der Waals surface area contributed by atoms with E-state index in [4.69, 9.17) is 15.0 Å². The molecule has 6 aromatic carbocycles. The largest absolute Gasteiger partial charge is 0.313 e. The lowest BCUT2D eigenvalue weighted by Crippen LogP contribution is -2.07. The zero-order valence-electron chi connectivity index (χ0n) is 29.4. The second-order valence-electron chi connectivity index (χ2n) is 14.4. The van der Waals surface area contributed by atoms with Crippen molar-refractivity contribution in [1.29, 1.82) is 0 Å². The molecule has 53 heavy (non-hydrogen) atoms. The van der Waals surface area contributed by atoms with E-state index >= 15 is 0 Å². The second kappa shape index (κ2) is 11.7. The summed E-state index contributed by atoms with van der Waals surface area (Å²) in [6.07, 6.45) is 8.74. The van der Waals surface area contributed by atoms with Crippen molar-refractivity contribution < 1.29 is 0 Å². The highest BCUT2D eigenvalue weighted by Gasteiger charge is 2.29. The van der Waals surface area contributed by atoms with Gasteiger partial charge in [0.05, 0.1) is 16.6 Å². The van der Waals surface area contributed by atoms with Crippen LogP contribution in [0.25, 0.3) is 84.3 Å². The molecule has 5 nitrogen and oxygen atoms in total. The lowest BCUT2D eigenvalue weighted by molar-refractivity contribution is 0.881. The molecule has 252 valence electrons. The van der Waals surface area contributed by atoms with E-state index in [1.807, 2.05) is 36.4 Å². The van der Waals surface area contributed by atoms with Gasteiger partial charge in [0.2, 0.25) is 0 Å². The zero-order chi connectivity index (χ0) is 35.0. The molecule has 0 aliphatic heterocycles. The summed E-state index contributed by atoms with van der Waals surface area (Å²) in [6.45, 7) is 2.18. The number of nitrogens with zero attached hydrogens (tertiary/aromatic N) is 5. The highest BCUT2D eigenvalue weighted by molar-refractivity contribution is 6.19. The van der Waals surface area contributed by atoms with Gasteiger partial charge in [-0.2, -0.15) is 0 Å². The van der Waals surface area contributed by atoms with Gasteiger partial charge in [0.15, 0.2) is 17.5 Å². The molecular formula is C48H35N5. The number of aromatic nitrogens is 5. The van der Waals surface area contributed by atoms with Gasteiger partial charge >= 0.3 is 0 Å². The van der Waals surface area contributed by atoms with Crippen LogP contribution in [0.3, 0.4) is 0 Å². The van der Waals surface area contributed by atoms with Crippen molar-refractivity contribution in [1.82, 2.24) is 24.1 Å². The van der Waals surface area contributed by atoms with Gasteiger partial charge in [-0.15, -0.1) is 0 Å². The number of allylic oxidation sites excluding steroid dienone is 1. The molecule has 0 fully saturated rings. The van der Waals surface area contributed by atoms with Crippen LogP contribution in [0.4, 0.5) is 0 Å². The average molecular weight is 682 g/mol. The fraction of sp³-hybridized carbons (Fsp3) is 0.104. The Morgan fingerprint density at radius 2 is 1.21 bits per heavy atom. The predicted molar refractivity (Wildman–Crippen MR) is 217 cm³/mol. The molecule has 0 atom stereocenters. The molecule has 0 saturated carbocycles. The van der Waals surface area contributed by atoms with Gasteiger partial charge in [-0.1, -0.05) is 103 Å². The van der Waals surface area contributed by atoms with Crippen LogP contribution < -0.4 is 0 Å². The summed E-state index contributed by atoms with van der Waals surface area (Å²) in [6, 6.07) is 47.4. The van der Waals surface area contributed by atoms with Crippen molar-refractivity contribution >= 4 is 38.8 Å². The average Bonchev–Trinajstić information content (AvgIpc) is 3.74. The Labute approximate surface area is 307 Å². The molecule has 0 spiro atoms. The minimum atomic E-state index is 0.670. The molecule has 0 radical (unpaired) electrons. The third-order valence-electron chi connectivity index (χ3n) is 11.1. The maximum absolute atomic E-state index is 5.12. The van der Waals surface area contributed by atoms with Crippen LogP contribution in [0.1, 0.15) is 34.4 Å². The maximum atomic E-state index is 5.12. The fourth-order valence-electron chi connectivity index (χ4n) is 8.90. The van der Waals surface area contributed by atoms with Crippen molar-refractivity contribution in [3.8, 4) is 45.5 Å². The van der Waals surface area contributed by atoms with Crippen molar-refractivity contribution in [2.45, 2.75) is 32.6 Å². The Bertz CT molecular complexity index is 2880. The summed E-state index contributed by atoms with van der Waals surface area (Å²) in [5.41, 5.74) is 15.9. The summed E-state index contributed by atoms with van der Waals surface area (Å²) in [4.78, 5) is 15.2. The van der Waals surface area contributed by atoms with Crippen LogP contribution in [0, 0.1) is 6.92 Å². The first-order chi connectivity index (χ1) is 26.2. The number of rotatable bonds is 5. The van der Waals surface area contributed by atoms with E-state index < -0.39 is 0 Å². The summed E-state index contributed by atoms with van der Waals surface area (Å²) in [5.74, 6) is 2.01. The number of hydrogen-bond acceptors (Lipinski definition) is 3. The Morgan fingerprint density at radius 3 is 1.92 bits per heavy atom. The Hall–Kier alpha value is -6.59. The topological polar surface area (TPSA) is 48.5 Å². The number of aryl methyl sites for hydroxylation is 3. The van der Waals surface area contributed by atoms with E-state index in [2.05, 4.69) is 125 Å². The van der Waals surface area contributed by atoms with Crippen LogP contribution in [-0.2, 0) is 19.3 Å². The Kier molecular flexibility index (Phi) is 6.65. The predicted octanol–water partition coefficient (Wildman–Crippen LogP) is 11.3. The quantitative estimate of drug-likeness (QED) is 0.182. The van der Waals surface area contributed by atoms with Crippen molar-refractivity contribution in [3.05, 3.63) is 167 Å². The highest BCUT2D eigenvalue weighted by Crippen LogP contribution is 2.46. The van der Waals surface area contributed by atoms with Gasteiger partial charge in [-0.05, 0) is 91.8 Å². The molecule has 0 bridgehead atoms. The smallest absolute Gasteiger partial charge is 0.164 e. The standard InChI is InChI=1S/C48H35N5/c1-30-26-34(48-50-46(32-14-5-2-6-15-32)49-47(51-48)33-16-7-3-8-17-33)28-36(27-30)53-40-22-12-11-21-37(40)39-29-42-44-38(45(39)53)25-24-31-18-13-23-41(43(31)44)52(42)35-19-9-4-10-20-35/h2-11,13-21,23,26-29H,12,22,24-25H2,1H3. The van der Waals surface area contributed by atoms with Crippen LogP contribution in [0.2, 0.25) is 0 Å². The van der Waals surface area contributed by atoms with Gasteiger partial charge < -0.3 is 9.13 Å². The molecule has 3 heterocycles. The second-order valence-corrected chi connectivity index (χ2v) is 14.4. The summed E-state index contributed by atoms with van der Waals surface area (Å²) in [5, 5.41) is 4.11. The number of hydrogen-bond donors (Lipinski definition) is 0. The molecule has 0 N–H and O–H groups in total. The molecule has 0 unspecified atom stereocenters. The lowest BCUT2D eigenvalue weighted by Gasteiger charge is -2.19. The molecule has 11 rings (SSSR count). The Balaban J connectivity index is 1.19. The third-order valence-corrected chi connectivity index (χ3v) is 11.1. The summed E-state index contributed by atoms with van der Waals surface area (Å²) >= 11 is 0. The molecule has 2 aliphatic carbocycles. The minimum absolute atomic E-state index is 0.670. The van der Waals surface area contributed by atoms with Crippen LogP contribution in [0.15, 0.2) is 140 Å². The fourth-order valence-corrected chi connectivity index (χ4v) is 8.90. The van der Waals surface area contributed by atoms with Gasteiger partial charge in [-0.25, -0.2) is 15.0 Å². The van der Waals surface area contributed by atoms with E-state index in [-0.39, 0.29) is 0 Å². The van der Waals surface area contributed by atoms with Gasteiger partial charge in [-0.3, -0.25) is 0 Å². The normalized spacial score (nSPS) is 13.4. The van der Waals surface area contributed by atoms with Crippen molar-refractivity contribution in [2.75, 3.05) is 0 Å². The van der Waals surface area contributed by atoms with Crippen LogP contribution >= 0.6 is 0 Å². The molecule has 9 aromatic rings. The monoisotopic (exact) mass is 681 g/mol. The Morgan fingerprint density at radius 1 is 0.528 bits per heavy atom. The summed E-state index contributed by atoms with van der Waals surface area (Å²) < 4.78 is 5.06. The molecule has 3 aromatic heterocycles. The molecule has 0 saturated heterocycles. The SMILES string of the molecule is Cc1cc(-c2nc(-c3ccccc3)nc(-c3ccccc3)n2)cc(-n2c3c(c4cc5c6c(c42)CCc2cccc(c26)n5-c2ccccc2)C=CCC3)c1. The van der Waals surface area contributed by atoms with Gasteiger partial charge in [0.1, 0.15) is 0 Å². The van der Waals surface area contributed by atoms with Crippen LogP contribution in [0.5, 0.6) is 0 Å². The molecule has 0 amide bonds. The van der Waals surface area contributed by atoms with E-state index in [1.165, 1.54) is 66.3 Å². The van der Waals surface area contributed by atoms with E-state index in [0.29, 0.717) is 17.5 Å².